The van der Waals surface area contributed by atoms with Crippen molar-refractivity contribution in [3.63, 3.8) is 0 Å². The van der Waals surface area contributed by atoms with Crippen molar-refractivity contribution in [2.24, 2.45) is 0 Å². The number of unbranched alkanes of at least 4 members (excludes halogenated alkanes) is 2. The largest absolute Gasteiger partial charge is 0.497 e. The summed E-state index contributed by atoms with van der Waals surface area (Å²) in [6, 6.07) is 18.0. The molecule has 152 valence electrons. The van der Waals surface area contributed by atoms with Gasteiger partial charge in [-0.1, -0.05) is 30.3 Å². The first-order valence-electron chi connectivity index (χ1n) is 10.0. The van der Waals surface area contributed by atoms with Crippen molar-refractivity contribution >= 4 is 16.9 Å². The Morgan fingerprint density at radius 3 is 2.59 bits per heavy atom. The smallest absolute Gasteiger partial charge is 0.305 e. The lowest BCUT2D eigenvalue weighted by Gasteiger charge is -2.12. The highest BCUT2D eigenvalue weighted by atomic mass is 16.5. The Labute approximate surface area is 171 Å². The van der Waals surface area contributed by atoms with E-state index in [-0.39, 0.29) is 5.97 Å². The minimum atomic E-state index is -0.132. The van der Waals surface area contributed by atoms with Gasteiger partial charge in [0.25, 0.3) is 0 Å². The Kier molecular flexibility index (Phi) is 7.45. The molecule has 2 aromatic carbocycles. The minimum absolute atomic E-state index is 0.132. The molecule has 0 aliphatic carbocycles. The molecular weight excluding hydrogens is 366 g/mol. The number of aromatic nitrogens is 1. The van der Waals surface area contributed by atoms with Crippen LogP contribution in [0.5, 0.6) is 11.6 Å². The fraction of sp³-hybridized carbons (Fsp3) is 0.333. The zero-order valence-electron chi connectivity index (χ0n) is 17.0. The number of pyridine rings is 1. The van der Waals surface area contributed by atoms with Gasteiger partial charge in [0.1, 0.15) is 5.75 Å². The summed E-state index contributed by atoms with van der Waals surface area (Å²) in [4.78, 5) is 16.0. The Balaban J connectivity index is 1.70. The number of hydrogen-bond donors (Lipinski definition) is 0. The van der Waals surface area contributed by atoms with E-state index >= 15 is 0 Å². The van der Waals surface area contributed by atoms with Crippen molar-refractivity contribution in [3.8, 4) is 22.8 Å². The lowest BCUT2D eigenvalue weighted by molar-refractivity contribution is -0.143. The Hall–Kier alpha value is -3.08. The third kappa shape index (κ3) is 5.70. The summed E-state index contributed by atoms with van der Waals surface area (Å²) in [5.74, 6) is 1.27. The predicted molar refractivity (Wildman–Crippen MR) is 114 cm³/mol. The molecule has 0 N–H and O–H groups in total. The van der Waals surface area contributed by atoms with E-state index in [2.05, 4.69) is 17.1 Å². The maximum absolute atomic E-state index is 11.4. The van der Waals surface area contributed by atoms with Crippen LogP contribution in [0, 0.1) is 0 Å². The standard InChI is InChI=1S/C24H27NO4/c1-3-28-24(26)12-8-5-9-15-29-23-17-20(18-10-6-4-7-11-18)21-16-19(27-2)13-14-22(21)25-23/h4,6-7,10-11,13-14,16-17H,3,5,8-9,12,15H2,1-2H3. The highest BCUT2D eigenvalue weighted by Crippen LogP contribution is 2.33. The number of esters is 1. The molecule has 0 aliphatic heterocycles. The second-order valence-electron chi connectivity index (χ2n) is 6.72. The quantitative estimate of drug-likeness (QED) is 0.340. The third-order valence-electron chi connectivity index (χ3n) is 4.66. The van der Waals surface area contributed by atoms with Crippen molar-refractivity contribution in [2.45, 2.75) is 32.6 Å². The first kappa shape index (κ1) is 20.6. The van der Waals surface area contributed by atoms with Crippen molar-refractivity contribution in [1.29, 1.82) is 0 Å². The van der Waals surface area contributed by atoms with Gasteiger partial charge >= 0.3 is 5.97 Å². The van der Waals surface area contributed by atoms with Crippen molar-refractivity contribution in [1.82, 2.24) is 4.98 Å². The first-order chi connectivity index (χ1) is 14.2. The molecule has 0 fully saturated rings. The van der Waals surface area contributed by atoms with Crippen LogP contribution in [0.2, 0.25) is 0 Å². The Morgan fingerprint density at radius 1 is 1.00 bits per heavy atom. The van der Waals surface area contributed by atoms with Gasteiger partial charge in [-0.25, -0.2) is 4.98 Å². The molecule has 0 atom stereocenters. The van der Waals surface area contributed by atoms with Crippen LogP contribution in [-0.2, 0) is 9.53 Å². The molecule has 0 spiro atoms. The number of carbonyl (C=O) groups excluding carboxylic acids is 1. The summed E-state index contributed by atoms with van der Waals surface area (Å²) in [7, 11) is 1.66. The van der Waals surface area contributed by atoms with Gasteiger partial charge in [-0.3, -0.25) is 4.79 Å². The monoisotopic (exact) mass is 393 g/mol. The molecule has 3 rings (SSSR count). The topological polar surface area (TPSA) is 57.7 Å². The second-order valence-corrected chi connectivity index (χ2v) is 6.72. The van der Waals surface area contributed by atoms with Gasteiger partial charge in [0.15, 0.2) is 0 Å². The van der Waals surface area contributed by atoms with E-state index in [1.165, 1.54) is 0 Å². The van der Waals surface area contributed by atoms with Crippen LogP contribution in [0.1, 0.15) is 32.6 Å². The molecule has 0 bridgehead atoms. The number of ether oxygens (including phenoxy) is 3. The van der Waals surface area contributed by atoms with Gasteiger partial charge in [0.2, 0.25) is 5.88 Å². The summed E-state index contributed by atoms with van der Waals surface area (Å²) in [6.45, 7) is 2.82. The maximum Gasteiger partial charge on any atom is 0.305 e. The van der Waals surface area contributed by atoms with Gasteiger partial charge in [-0.2, -0.15) is 0 Å². The molecule has 5 heteroatoms. The van der Waals surface area contributed by atoms with Crippen molar-refractivity contribution < 1.29 is 19.0 Å². The predicted octanol–water partition coefficient (Wildman–Crippen LogP) is 5.41. The van der Waals surface area contributed by atoms with Crippen LogP contribution < -0.4 is 9.47 Å². The SMILES string of the molecule is CCOC(=O)CCCCCOc1cc(-c2ccccc2)c2cc(OC)ccc2n1. The van der Waals surface area contributed by atoms with E-state index < -0.39 is 0 Å². The van der Waals surface area contributed by atoms with Crippen LogP contribution in [0.15, 0.2) is 54.6 Å². The highest BCUT2D eigenvalue weighted by molar-refractivity contribution is 5.96. The number of fused-ring (bicyclic) bond motifs is 1. The third-order valence-corrected chi connectivity index (χ3v) is 4.66. The normalized spacial score (nSPS) is 10.7. The van der Waals surface area contributed by atoms with Crippen molar-refractivity contribution in [3.05, 3.63) is 54.6 Å². The summed E-state index contributed by atoms with van der Waals surface area (Å²) in [5.41, 5.74) is 3.03. The van der Waals surface area contributed by atoms with Crippen molar-refractivity contribution in [2.75, 3.05) is 20.3 Å². The zero-order valence-corrected chi connectivity index (χ0v) is 17.0. The summed E-state index contributed by atoms with van der Waals surface area (Å²) >= 11 is 0. The molecule has 0 unspecified atom stereocenters. The summed E-state index contributed by atoms with van der Waals surface area (Å²) in [5, 5.41) is 1.03. The van der Waals surface area contributed by atoms with Crippen LogP contribution >= 0.6 is 0 Å². The average molecular weight is 393 g/mol. The Bertz CT molecular complexity index is 940. The maximum atomic E-state index is 11.4. The van der Waals surface area contributed by atoms with E-state index in [4.69, 9.17) is 14.2 Å². The molecule has 0 aliphatic rings. The van der Waals surface area contributed by atoms with Crippen LogP contribution in [0.3, 0.4) is 0 Å². The molecule has 0 radical (unpaired) electrons. The molecule has 1 heterocycles. The van der Waals surface area contributed by atoms with Gasteiger partial charge in [-0.05, 0) is 55.5 Å². The number of hydrogen-bond acceptors (Lipinski definition) is 5. The van der Waals surface area contributed by atoms with Gasteiger partial charge < -0.3 is 14.2 Å². The van der Waals surface area contributed by atoms with Gasteiger partial charge in [0, 0.05) is 17.9 Å². The lowest BCUT2D eigenvalue weighted by Crippen LogP contribution is -2.04. The fourth-order valence-corrected chi connectivity index (χ4v) is 3.20. The lowest BCUT2D eigenvalue weighted by atomic mass is 10.0. The zero-order chi connectivity index (χ0) is 20.5. The van der Waals surface area contributed by atoms with E-state index in [1.54, 1.807) is 7.11 Å². The number of benzene rings is 2. The highest BCUT2D eigenvalue weighted by Gasteiger charge is 2.10. The number of nitrogens with zero attached hydrogens (tertiary/aromatic N) is 1. The van der Waals surface area contributed by atoms with Crippen LogP contribution in [0.25, 0.3) is 22.0 Å². The van der Waals surface area contributed by atoms with Crippen LogP contribution in [0.4, 0.5) is 0 Å². The number of carbonyl (C=O) groups is 1. The molecule has 5 nitrogen and oxygen atoms in total. The molecule has 1 aromatic heterocycles. The molecule has 3 aromatic rings. The molecule has 0 saturated heterocycles. The summed E-state index contributed by atoms with van der Waals surface area (Å²) < 4.78 is 16.3. The number of rotatable bonds is 10. The van der Waals surface area contributed by atoms with Gasteiger partial charge in [-0.15, -0.1) is 0 Å². The fourth-order valence-electron chi connectivity index (χ4n) is 3.20. The minimum Gasteiger partial charge on any atom is -0.497 e. The molecule has 29 heavy (non-hydrogen) atoms. The molecular formula is C24H27NO4. The first-order valence-corrected chi connectivity index (χ1v) is 10.0. The molecule has 0 saturated carbocycles. The second kappa shape index (κ2) is 10.5. The number of methoxy groups -OCH3 is 1. The van der Waals surface area contributed by atoms with E-state index in [0.717, 1.165) is 47.0 Å². The van der Waals surface area contributed by atoms with Gasteiger partial charge in [0.05, 0.1) is 25.8 Å². The van der Waals surface area contributed by atoms with E-state index in [0.29, 0.717) is 25.5 Å². The van der Waals surface area contributed by atoms with Crippen LogP contribution in [-0.4, -0.2) is 31.3 Å². The van der Waals surface area contributed by atoms with E-state index in [9.17, 15) is 4.79 Å². The van der Waals surface area contributed by atoms with E-state index in [1.807, 2.05) is 49.4 Å². The molecule has 0 amide bonds. The Morgan fingerprint density at radius 2 is 1.83 bits per heavy atom. The average Bonchev–Trinajstić information content (AvgIpc) is 2.76. The summed E-state index contributed by atoms with van der Waals surface area (Å²) in [6.07, 6.45) is 3.04.